The molecule has 0 fully saturated rings. The summed E-state index contributed by atoms with van der Waals surface area (Å²) in [5.74, 6) is 0. The number of benzene rings is 1. The molecule has 0 bridgehead atoms. The number of nitrogens with one attached hydrogen (secondary N) is 1. The van der Waals surface area contributed by atoms with E-state index in [-0.39, 0.29) is 0 Å². The molecule has 1 aromatic carbocycles. The van der Waals surface area contributed by atoms with E-state index in [0.29, 0.717) is 0 Å². The fraction of sp³-hybridized carbons (Fsp3) is 0.429. The smallest absolute Gasteiger partial charge is 0.147 e. The highest BCUT2D eigenvalue weighted by Gasteiger charge is 2.06. The van der Waals surface area contributed by atoms with Gasteiger partial charge in [0.2, 0.25) is 0 Å². The molecule has 0 aliphatic rings. The van der Waals surface area contributed by atoms with Crippen LogP contribution >= 0.6 is 27.3 Å². The van der Waals surface area contributed by atoms with Gasteiger partial charge < -0.3 is 10.1 Å². The third-order valence-electron chi connectivity index (χ3n) is 2.79. The minimum Gasteiger partial charge on any atom is -0.383 e. The highest BCUT2D eigenvalue weighted by atomic mass is 79.9. The normalized spacial score (nSPS) is 10.9. The van der Waals surface area contributed by atoms with Crippen LogP contribution in [-0.4, -0.2) is 37.0 Å². The Kier molecular flexibility index (Phi) is 6.59. The van der Waals surface area contributed by atoms with Gasteiger partial charge in [0.15, 0.2) is 0 Å². The van der Waals surface area contributed by atoms with Crippen molar-refractivity contribution in [1.82, 2.24) is 15.5 Å². The Bertz CT molecular complexity index is 515. The molecule has 0 saturated heterocycles. The molecule has 0 spiro atoms. The van der Waals surface area contributed by atoms with E-state index in [1.807, 2.05) is 12.1 Å². The Labute approximate surface area is 131 Å². The number of hydrogen-bond donors (Lipinski definition) is 1. The molecule has 0 aliphatic carbocycles. The zero-order chi connectivity index (χ0) is 14.2. The number of rotatable bonds is 8. The second-order valence-electron chi connectivity index (χ2n) is 4.35. The minimum absolute atomic E-state index is 0.756. The van der Waals surface area contributed by atoms with Crippen molar-refractivity contribution in [3.05, 3.63) is 33.7 Å². The fourth-order valence-electron chi connectivity index (χ4n) is 1.73. The van der Waals surface area contributed by atoms with E-state index < -0.39 is 0 Å². The molecule has 1 N–H and O–H groups in total. The molecule has 0 radical (unpaired) electrons. The lowest BCUT2D eigenvalue weighted by Gasteiger charge is -2.01. The van der Waals surface area contributed by atoms with Crippen molar-refractivity contribution < 1.29 is 4.74 Å². The van der Waals surface area contributed by atoms with Crippen LogP contribution in [0.3, 0.4) is 0 Å². The number of methoxy groups -OCH3 is 1. The number of nitrogens with zero attached hydrogens (tertiary/aromatic N) is 2. The summed E-state index contributed by atoms with van der Waals surface area (Å²) in [6.45, 7) is 2.64. The van der Waals surface area contributed by atoms with Gasteiger partial charge in [0.05, 0.1) is 6.61 Å². The number of hydrogen-bond acceptors (Lipinski definition) is 5. The predicted molar refractivity (Wildman–Crippen MR) is 86.1 cm³/mol. The maximum absolute atomic E-state index is 4.98. The molecule has 6 heteroatoms. The summed E-state index contributed by atoms with van der Waals surface area (Å²) < 4.78 is 6.06. The molecular weight excluding hydrogens is 338 g/mol. The van der Waals surface area contributed by atoms with Crippen LogP contribution in [0.15, 0.2) is 28.7 Å². The van der Waals surface area contributed by atoms with Gasteiger partial charge in [0.1, 0.15) is 10.0 Å². The Morgan fingerprint density at radius 3 is 2.75 bits per heavy atom. The first-order chi connectivity index (χ1) is 9.79. The van der Waals surface area contributed by atoms with Gasteiger partial charge in [-0.1, -0.05) is 39.4 Å². The summed E-state index contributed by atoms with van der Waals surface area (Å²) in [6.07, 6.45) is 2.03. The van der Waals surface area contributed by atoms with Crippen LogP contribution in [0.1, 0.15) is 11.4 Å². The van der Waals surface area contributed by atoms with E-state index >= 15 is 0 Å². The molecule has 0 aliphatic heterocycles. The van der Waals surface area contributed by atoms with Crippen molar-refractivity contribution in [2.75, 3.05) is 26.8 Å². The van der Waals surface area contributed by atoms with Gasteiger partial charge in [-0.15, -0.1) is 10.2 Å². The molecule has 0 amide bonds. The van der Waals surface area contributed by atoms with Crippen LogP contribution in [0.5, 0.6) is 0 Å². The summed E-state index contributed by atoms with van der Waals surface area (Å²) >= 11 is 5.10. The van der Waals surface area contributed by atoms with Crippen molar-refractivity contribution in [2.45, 2.75) is 12.8 Å². The molecule has 2 rings (SSSR count). The Morgan fingerprint density at radius 1 is 1.20 bits per heavy atom. The highest BCUT2D eigenvalue weighted by Crippen LogP contribution is 2.25. The second-order valence-corrected chi connectivity index (χ2v) is 6.33. The average molecular weight is 356 g/mol. The molecule has 20 heavy (non-hydrogen) atoms. The number of halogens is 1. The zero-order valence-corrected chi connectivity index (χ0v) is 13.8. The van der Waals surface area contributed by atoms with Gasteiger partial charge in [-0.25, -0.2) is 0 Å². The molecule has 1 aromatic heterocycles. The third kappa shape index (κ3) is 4.94. The zero-order valence-electron chi connectivity index (χ0n) is 11.4. The average Bonchev–Trinajstić information content (AvgIpc) is 2.92. The Morgan fingerprint density at radius 2 is 2.00 bits per heavy atom. The predicted octanol–water partition coefficient (Wildman–Crippen LogP) is 3.14. The monoisotopic (exact) mass is 355 g/mol. The van der Waals surface area contributed by atoms with Gasteiger partial charge in [0.25, 0.3) is 0 Å². The number of aryl methyl sites for hydroxylation is 1. The van der Waals surface area contributed by atoms with Crippen LogP contribution in [0.4, 0.5) is 0 Å². The lowest BCUT2D eigenvalue weighted by molar-refractivity contribution is 0.199. The molecular formula is C14H18BrN3OS. The van der Waals surface area contributed by atoms with E-state index in [1.165, 1.54) is 0 Å². The van der Waals surface area contributed by atoms with Gasteiger partial charge in [-0.05, 0) is 25.1 Å². The topological polar surface area (TPSA) is 47.0 Å². The van der Waals surface area contributed by atoms with Crippen molar-refractivity contribution in [1.29, 1.82) is 0 Å². The molecule has 0 unspecified atom stereocenters. The van der Waals surface area contributed by atoms with Crippen LogP contribution < -0.4 is 5.32 Å². The van der Waals surface area contributed by atoms with Crippen molar-refractivity contribution in [3.8, 4) is 10.6 Å². The van der Waals surface area contributed by atoms with E-state index in [9.17, 15) is 0 Å². The lowest BCUT2D eigenvalue weighted by atomic mass is 10.2. The van der Waals surface area contributed by atoms with Gasteiger partial charge in [-0.3, -0.25) is 0 Å². The SMILES string of the molecule is COCCNCCCc1nnc(-c2ccc(Br)cc2)s1. The number of aromatic nitrogens is 2. The van der Waals surface area contributed by atoms with Crippen LogP contribution in [0.2, 0.25) is 0 Å². The van der Waals surface area contributed by atoms with Crippen molar-refractivity contribution >= 4 is 27.3 Å². The highest BCUT2D eigenvalue weighted by molar-refractivity contribution is 9.10. The van der Waals surface area contributed by atoms with E-state index in [0.717, 1.165) is 52.6 Å². The number of ether oxygens (including phenoxy) is 1. The molecule has 2 aromatic rings. The summed E-state index contributed by atoms with van der Waals surface area (Å²) in [5.41, 5.74) is 1.12. The third-order valence-corrected chi connectivity index (χ3v) is 4.35. The summed E-state index contributed by atoms with van der Waals surface area (Å²) in [7, 11) is 1.71. The van der Waals surface area contributed by atoms with E-state index in [1.54, 1.807) is 18.4 Å². The van der Waals surface area contributed by atoms with Gasteiger partial charge in [0, 0.05) is 30.1 Å². The van der Waals surface area contributed by atoms with Crippen molar-refractivity contribution in [3.63, 3.8) is 0 Å². The maximum Gasteiger partial charge on any atom is 0.147 e. The minimum atomic E-state index is 0.756. The molecule has 1 heterocycles. The molecule has 4 nitrogen and oxygen atoms in total. The Hall–Kier alpha value is -0.820. The van der Waals surface area contributed by atoms with Crippen LogP contribution in [-0.2, 0) is 11.2 Å². The van der Waals surface area contributed by atoms with Gasteiger partial charge >= 0.3 is 0 Å². The molecule has 108 valence electrons. The standard InChI is InChI=1S/C14H18BrN3OS/c1-19-10-9-16-8-2-3-13-17-18-14(20-13)11-4-6-12(15)7-5-11/h4-7,16H,2-3,8-10H2,1H3. The van der Waals surface area contributed by atoms with E-state index in [2.05, 4.69) is 43.6 Å². The fourth-order valence-corrected chi connectivity index (χ4v) is 2.88. The van der Waals surface area contributed by atoms with Gasteiger partial charge in [-0.2, -0.15) is 0 Å². The Balaban J connectivity index is 1.79. The first-order valence-electron chi connectivity index (χ1n) is 6.57. The second kappa shape index (κ2) is 8.46. The lowest BCUT2D eigenvalue weighted by Crippen LogP contribution is -2.20. The quantitative estimate of drug-likeness (QED) is 0.739. The van der Waals surface area contributed by atoms with E-state index in [4.69, 9.17) is 4.74 Å². The largest absolute Gasteiger partial charge is 0.383 e. The van der Waals surface area contributed by atoms with Crippen molar-refractivity contribution in [2.24, 2.45) is 0 Å². The van der Waals surface area contributed by atoms with Crippen LogP contribution in [0.25, 0.3) is 10.6 Å². The first-order valence-corrected chi connectivity index (χ1v) is 8.18. The maximum atomic E-state index is 4.98. The first kappa shape index (κ1) is 15.6. The van der Waals surface area contributed by atoms with Crippen LogP contribution in [0, 0.1) is 0 Å². The molecule has 0 saturated carbocycles. The summed E-state index contributed by atoms with van der Waals surface area (Å²) in [6, 6.07) is 8.16. The molecule has 0 atom stereocenters. The summed E-state index contributed by atoms with van der Waals surface area (Å²) in [4.78, 5) is 0. The summed E-state index contributed by atoms with van der Waals surface area (Å²) in [5, 5.41) is 13.9.